The molecule has 1 heterocycles. The van der Waals surface area contributed by atoms with E-state index in [1.54, 1.807) is 54.6 Å². The molecule has 0 saturated heterocycles. The van der Waals surface area contributed by atoms with E-state index in [1.807, 2.05) is 0 Å². The lowest BCUT2D eigenvalue weighted by Gasteiger charge is -2.06. The van der Waals surface area contributed by atoms with Gasteiger partial charge in [0.1, 0.15) is 5.75 Å². The van der Waals surface area contributed by atoms with Gasteiger partial charge < -0.3 is 19.4 Å². The van der Waals surface area contributed by atoms with Crippen LogP contribution in [0.25, 0.3) is 11.3 Å². The number of furan rings is 1. The van der Waals surface area contributed by atoms with Crippen molar-refractivity contribution in [1.29, 1.82) is 0 Å². The van der Waals surface area contributed by atoms with Gasteiger partial charge in [0.2, 0.25) is 17.4 Å². The van der Waals surface area contributed by atoms with Gasteiger partial charge in [-0.05, 0) is 17.7 Å². The molecule has 0 spiro atoms. The number of benzene rings is 2. The molecule has 2 aromatic carbocycles. The summed E-state index contributed by atoms with van der Waals surface area (Å²) in [5, 5.41) is 10.6. The van der Waals surface area contributed by atoms with Crippen LogP contribution < -0.4 is 9.92 Å². The Morgan fingerprint density at radius 3 is 2.40 bits per heavy atom. The van der Waals surface area contributed by atoms with Crippen molar-refractivity contribution in [3.63, 3.8) is 0 Å². The van der Waals surface area contributed by atoms with Gasteiger partial charge in [-0.25, -0.2) is 0 Å². The van der Waals surface area contributed by atoms with Crippen molar-refractivity contribution in [3.05, 3.63) is 65.2 Å². The van der Waals surface area contributed by atoms with Crippen molar-refractivity contribution in [2.45, 2.75) is 5.75 Å². The molecule has 0 aliphatic rings. The van der Waals surface area contributed by atoms with Gasteiger partial charge in [-0.15, -0.1) is 0 Å². The van der Waals surface area contributed by atoms with Crippen LogP contribution in [0.2, 0.25) is 5.02 Å². The topological polar surface area (TPSA) is 103 Å². The number of aromatic hydroxyl groups is 1. The van der Waals surface area contributed by atoms with Crippen LogP contribution in [0, 0.1) is 0 Å². The van der Waals surface area contributed by atoms with Crippen LogP contribution in [0.5, 0.6) is 11.5 Å². The van der Waals surface area contributed by atoms with Crippen molar-refractivity contribution in [3.8, 4) is 22.8 Å². The van der Waals surface area contributed by atoms with Crippen LogP contribution in [0.15, 0.2) is 59.0 Å². The largest absolute Gasteiger partial charge is 0.501 e. The fourth-order valence-corrected chi connectivity index (χ4v) is 3.56. The molecule has 6 nitrogen and oxygen atoms in total. The third-order valence-electron chi connectivity index (χ3n) is 3.38. The standard InChI is InChI=1S/C17H14ClNO5S/c18-13-9-5-4-8-12(13)15-14(20)16(17(19)23-15)24-25(21,22)10-11-6-2-1-3-7-11/h1-9,20H,10,19H2. The Balaban J connectivity index is 1.92. The maximum Gasteiger partial charge on any atom is 0.313 e. The zero-order chi connectivity index (χ0) is 18.0. The summed E-state index contributed by atoms with van der Waals surface area (Å²) in [5.74, 6) is -1.77. The summed E-state index contributed by atoms with van der Waals surface area (Å²) in [5.41, 5.74) is 6.57. The second-order valence-electron chi connectivity index (χ2n) is 5.22. The van der Waals surface area contributed by atoms with Gasteiger partial charge in [0.25, 0.3) is 0 Å². The van der Waals surface area contributed by atoms with E-state index in [0.29, 0.717) is 16.1 Å². The van der Waals surface area contributed by atoms with Gasteiger partial charge in [0, 0.05) is 5.56 Å². The summed E-state index contributed by atoms with van der Waals surface area (Å²) >= 11 is 6.06. The maximum atomic E-state index is 12.2. The Hall–Kier alpha value is -2.64. The summed E-state index contributed by atoms with van der Waals surface area (Å²) in [7, 11) is -4.04. The second kappa shape index (κ2) is 6.70. The lowest BCUT2D eigenvalue weighted by atomic mass is 10.1. The van der Waals surface area contributed by atoms with E-state index in [4.69, 9.17) is 25.9 Å². The number of nitrogen functional groups attached to an aromatic ring is 1. The molecular weight excluding hydrogens is 366 g/mol. The van der Waals surface area contributed by atoms with Crippen molar-refractivity contribution < 1.29 is 22.1 Å². The Labute approximate surface area is 149 Å². The van der Waals surface area contributed by atoms with Crippen LogP contribution in [0.1, 0.15) is 5.56 Å². The van der Waals surface area contributed by atoms with E-state index in [-0.39, 0.29) is 17.4 Å². The van der Waals surface area contributed by atoms with Crippen molar-refractivity contribution in [1.82, 2.24) is 0 Å². The third-order valence-corrected chi connectivity index (χ3v) is 4.82. The average molecular weight is 380 g/mol. The highest BCUT2D eigenvalue weighted by atomic mass is 35.5. The highest BCUT2D eigenvalue weighted by Gasteiger charge is 2.27. The Morgan fingerprint density at radius 1 is 1.08 bits per heavy atom. The third kappa shape index (κ3) is 3.72. The Kier molecular flexibility index (Phi) is 4.61. The van der Waals surface area contributed by atoms with Gasteiger partial charge in [-0.1, -0.05) is 54.1 Å². The normalized spacial score (nSPS) is 11.4. The number of halogens is 1. The summed E-state index contributed by atoms with van der Waals surface area (Å²) in [4.78, 5) is 0. The molecule has 1 aromatic heterocycles. The number of rotatable bonds is 5. The van der Waals surface area contributed by atoms with Crippen molar-refractivity contribution in [2.24, 2.45) is 0 Å². The molecule has 0 amide bonds. The molecule has 0 unspecified atom stereocenters. The summed E-state index contributed by atoms with van der Waals surface area (Å²) in [6.07, 6.45) is 0. The molecule has 0 atom stereocenters. The highest BCUT2D eigenvalue weighted by Crippen LogP contribution is 2.46. The molecule has 25 heavy (non-hydrogen) atoms. The number of anilines is 1. The molecule has 130 valence electrons. The zero-order valence-electron chi connectivity index (χ0n) is 12.8. The lowest BCUT2D eigenvalue weighted by molar-refractivity contribution is 0.432. The predicted octanol–water partition coefficient (Wildman–Crippen LogP) is 3.80. The Bertz CT molecular complexity index is 999. The van der Waals surface area contributed by atoms with Gasteiger partial charge >= 0.3 is 10.1 Å². The van der Waals surface area contributed by atoms with E-state index in [2.05, 4.69) is 0 Å². The maximum absolute atomic E-state index is 12.2. The van der Waals surface area contributed by atoms with Gasteiger partial charge in [0.15, 0.2) is 5.76 Å². The highest BCUT2D eigenvalue weighted by molar-refractivity contribution is 7.86. The van der Waals surface area contributed by atoms with E-state index in [9.17, 15) is 13.5 Å². The minimum absolute atomic E-state index is 0.0620. The fourth-order valence-electron chi connectivity index (χ4n) is 2.27. The van der Waals surface area contributed by atoms with E-state index < -0.39 is 21.6 Å². The van der Waals surface area contributed by atoms with E-state index in [0.717, 1.165) is 0 Å². The Morgan fingerprint density at radius 2 is 1.72 bits per heavy atom. The molecular formula is C17H14ClNO5S. The molecule has 3 N–H and O–H groups in total. The monoisotopic (exact) mass is 379 g/mol. The van der Waals surface area contributed by atoms with Crippen LogP contribution in [-0.2, 0) is 15.9 Å². The molecule has 0 fully saturated rings. The number of hydrogen-bond acceptors (Lipinski definition) is 6. The molecule has 0 saturated carbocycles. The second-order valence-corrected chi connectivity index (χ2v) is 7.20. The van der Waals surface area contributed by atoms with Gasteiger partial charge in [-0.2, -0.15) is 8.42 Å². The smallest absolute Gasteiger partial charge is 0.313 e. The van der Waals surface area contributed by atoms with E-state index in [1.165, 1.54) is 0 Å². The summed E-state index contributed by atoms with van der Waals surface area (Å²) in [6.45, 7) is 0. The average Bonchev–Trinajstić information content (AvgIpc) is 2.83. The first-order valence-corrected chi connectivity index (χ1v) is 9.15. The van der Waals surface area contributed by atoms with Crippen LogP contribution in [0.3, 0.4) is 0 Å². The minimum Gasteiger partial charge on any atom is -0.501 e. The van der Waals surface area contributed by atoms with Gasteiger partial charge in [-0.3, -0.25) is 0 Å². The van der Waals surface area contributed by atoms with Crippen LogP contribution >= 0.6 is 11.6 Å². The lowest BCUT2D eigenvalue weighted by Crippen LogP contribution is -2.12. The number of hydrogen-bond donors (Lipinski definition) is 2. The SMILES string of the molecule is Nc1oc(-c2ccccc2Cl)c(O)c1OS(=O)(=O)Cc1ccccc1. The molecule has 0 aliphatic carbocycles. The zero-order valence-corrected chi connectivity index (χ0v) is 14.4. The molecule has 3 aromatic rings. The fraction of sp³-hybridized carbons (Fsp3) is 0.0588. The van der Waals surface area contributed by atoms with Gasteiger partial charge in [0.05, 0.1) is 5.02 Å². The van der Waals surface area contributed by atoms with Crippen LogP contribution in [0.4, 0.5) is 5.88 Å². The van der Waals surface area contributed by atoms with E-state index >= 15 is 0 Å². The first-order valence-electron chi connectivity index (χ1n) is 7.19. The quantitative estimate of drug-likeness (QED) is 0.653. The first-order chi connectivity index (χ1) is 11.9. The summed E-state index contributed by atoms with van der Waals surface area (Å²) < 4.78 is 34.7. The minimum atomic E-state index is -4.04. The van der Waals surface area contributed by atoms with Crippen molar-refractivity contribution >= 4 is 27.6 Å². The molecule has 8 heteroatoms. The molecule has 0 bridgehead atoms. The molecule has 3 rings (SSSR count). The molecule has 0 radical (unpaired) electrons. The predicted molar refractivity (Wildman–Crippen MR) is 94.9 cm³/mol. The first kappa shape index (κ1) is 17.2. The van der Waals surface area contributed by atoms with Crippen molar-refractivity contribution in [2.75, 3.05) is 5.73 Å². The molecule has 0 aliphatic heterocycles. The van der Waals surface area contributed by atoms with Crippen LogP contribution in [-0.4, -0.2) is 13.5 Å². The summed E-state index contributed by atoms with van der Waals surface area (Å²) in [6, 6.07) is 15.1. The number of nitrogens with two attached hydrogens (primary N) is 1.